The molecule has 0 aliphatic heterocycles. The SMILES string of the molecule is CC(C)(C)NC(N)=NCc1ccccc1OCC1CC1.I. The third-order valence-corrected chi connectivity index (χ3v) is 3.07. The molecule has 1 fully saturated rings. The highest BCUT2D eigenvalue weighted by atomic mass is 127. The van der Waals surface area contributed by atoms with Crippen molar-refractivity contribution in [2.24, 2.45) is 16.6 Å². The van der Waals surface area contributed by atoms with Crippen LogP contribution in [0.3, 0.4) is 0 Å². The average Bonchev–Trinajstić information content (AvgIpc) is 3.17. The minimum Gasteiger partial charge on any atom is -0.493 e. The van der Waals surface area contributed by atoms with E-state index < -0.39 is 0 Å². The molecule has 1 saturated carbocycles. The lowest BCUT2D eigenvalue weighted by Gasteiger charge is -2.21. The lowest BCUT2D eigenvalue weighted by atomic mass is 10.1. The highest BCUT2D eigenvalue weighted by Gasteiger charge is 2.22. The van der Waals surface area contributed by atoms with Crippen molar-refractivity contribution in [1.29, 1.82) is 0 Å². The predicted octanol–water partition coefficient (Wildman–Crippen LogP) is 3.30. The van der Waals surface area contributed by atoms with E-state index in [1.54, 1.807) is 0 Å². The summed E-state index contributed by atoms with van der Waals surface area (Å²) in [6.07, 6.45) is 2.59. The van der Waals surface area contributed by atoms with E-state index in [-0.39, 0.29) is 29.5 Å². The molecule has 0 aromatic heterocycles. The van der Waals surface area contributed by atoms with Crippen LogP contribution in [0.4, 0.5) is 0 Å². The van der Waals surface area contributed by atoms with Crippen molar-refractivity contribution in [3.05, 3.63) is 29.8 Å². The van der Waals surface area contributed by atoms with Crippen molar-refractivity contribution in [3.63, 3.8) is 0 Å². The second-order valence-corrected chi connectivity index (χ2v) is 6.44. The third kappa shape index (κ3) is 7.02. The Hall–Kier alpha value is -0.980. The van der Waals surface area contributed by atoms with Gasteiger partial charge in [-0.3, -0.25) is 0 Å². The van der Waals surface area contributed by atoms with E-state index in [0.717, 1.165) is 23.8 Å². The molecule has 0 saturated heterocycles. The first-order chi connectivity index (χ1) is 9.44. The Bertz CT molecular complexity index is 479. The van der Waals surface area contributed by atoms with Crippen molar-refractivity contribution < 1.29 is 4.74 Å². The maximum atomic E-state index is 5.89. The van der Waals surface area contributed by atoms with E-state index in [0.29, 0.717) is 12.5 Å². The van der Waals surface area contributed by atoms with Crippen molar-refractivity contribution in [1.82, 2.24) is 5.32 Å². The molecular formula is C16H26IN3O. The predicted molar refractivity (Wildman–Crippen MR) is 98.3 cm³/mol. The highest BCUT2D eigenvalue weighted by molar-refractivity contribution is 14.0. The molecule has 0 amide bonds. The van der Waals surface area contributed by atoms with Crippen LogP contribution in [0.15, 0.2) is 29.3 Å². The Kier molecular flexibility index (Phi) is 6.77. The minimum atomic E-state index is -0.0738. The Balaban J connectivity index is 0.00000220. The number of rotatable bonds is 5. The molecule has 1 aliphatic carbocycles. The summed E-state index contributed by atoms with van der Waals surface area (Å²) in [5.41, 5.74) is 6.89. The third-order valence-electron chi connectivity index (χ3n) is 3.07. The van der Waals surface area contributed by atoms with Gasteiger partial charge in [0.1, 0.15) is 5.75 Å². The van der Waals surface area contributed by atoms with Crippen molar-refractivity contribution in [2.75, 3.05) is 6.61 Å². The monoisotopic (exact) mass is 403 g/mol. The number of hydrogen-bond acceptors (Lipinski definition) is 2. The lowest BCUT2D eigenvalue weighted by Crippen LogP contribution is -2.44. The molecule has 0 radical (unpaired) electrons. The Morgan fingerprint density at radius 3 is 2.62 bits per heavy atom. The van der Waals surface area contributed by atoms with E-state index in [2.05, 4.69) is 31.1 Å². The van der Waals surface area contributed by atoms with Crippen LogP contribution in [-0.4, -0.2) is 18.1 Å². The van der Waals surface area contributed by atoms with Crippen LogP contribution < -0.4 is 15.8 Å². The van der Waals surface area contributed by atoms with Gasteiger partial charge in [0.2, 0.25) is 0 Å². The first-order valence-corrected chi connectivity index (χ1v) is 7.23. The van der Waals surface area contributed by atoms with E-state index in [4.69, 9.17) is 10.5 Å². The number of para-hydroxylation sites is 1. The van der Waals surface area contributed by atoms with Crippen LogP contribution in [0.1, 0.15) is 39.2 Å². The van der Waals surface area contributed by atoms with Gasteiger partial charge in [0, 0.05) is 11.1 Å². The molecule has 0 heterocycles. The zero-order valence-corrected chi connectivity index (χ0v) is 15.4. The van der Waals surface area contributed by atoms with Gasteiger partial charge in [-0.1, -0.05) is 18.2 Å². The molecule has 5 heteroatoms. The van der Waals surface area contributed by atoms with Crippen molar-refractivity contribution >= 4 is 29.9 Å². The zero-order chi connectivity index (χ0) is 14.6. The molecule has 1 aromatic rings. The number of guanidine groups is 1. The summed E-state index contributed by atoms with van der Waals surface area (Å²) < 4.78 is 5.86. The Labute approximate surface area is 144 Å². The van der Waals surface area contributed by atoms with Gasteiger partial charge in [-0.2, -0.15) is 0 Å². The molecule has 21 heavy (non-hydrogen) atoms. The number of hydrogen-bond donors (Lipinski definition) is 2. The summed E-state index contributed by atoms with van der Waals surface area (Å²) in [5, 5.41) is 3.16. The molecule has 3 N–H and O–H groups in total. The largest absolute Gasteiger partial charge is 0.493 e. The van der Waals surface area contributed by atoms with Crippen LogP contribution >= 0.6 is 24.0 Å². The number of nitrogens with zero attached hydrogens (tertiary/aromatic N) is 1. The molecule has 1 aromatic carbocycles. The van der Waals surface area contributed by atoms with Crippen LogP contribution in [0.2, 0.25) is 0 Å². The van der Waals surface area contributed by atoms with Gasteiger partial charge < -0.3 is 15.8 Å². The van der Waals surface area contributed by atoms with Gasteiger partial charge in [-0.05, 0) is 45.6 Å². The highest BCUT2D eigenvalue weighted by Crippen LogP contribution is 2.30. The summed E-state index contributed by atoms with van der Waals surface area (Å²) in [7, 11) is 0. The van der Waals surface area contributed by atoms with Crippen molar-refractivity contribution in [2.45, 2.75) is 45.7 Å². The smallest absolute Gasteiger partial charge is 0.189 e. The van der Waals surface area contributed by atoms with Gasteiger partial charge in [0.15, 0.2) is 5.96 Å². The summed E-state index contributed by atoms with van der Waals surface area (Å²) in [5.74, 6) is 2.14. The topological polar surface area (TPSA) is 59.6 Å². The average molecular weight is 403 g/mol. The summed E-state index contributed by atoms with van der Waals surface area (Å²) in [6, 6.07) is 8.03. The second-order valence-electron chi connectivity index (χ2n) is 6.44. The molecule has 0 unspecified atom stereocenters. The summed E-state index contributed by atoms with van der Waals surface area (Å²) in [4.78, 5) is 4.39. The summed E-state index contributed by atoms with van der Waals surface area (Å²) in [6.45, 7) is 7.53. The zero-order valence-electron chi connectivity index (χ0n) is 13.1. The van der Waals surface area contributed by atoms with Gasteiger partial charge >= 0.3 is 0 Å². The van der Waals surface area contributed by atoms with Gasteiger partial charge in [0.05, 0.1) is 13.2 Å². The second kappa shape index (κ2) is 7.87. The summed E-state index contributed by atoms with van der Waals surface area (Å²) >= 11 is 0. The molecule has 0 atom stereocenters. The maximum Gasteiger partial charge on any atom is 0.189 e. The fourth-order valence-electron chi connectivity index (χ4n) is 1.86. The molecule has 1 aliphatic rings. The van der Waals surface area contributed by atoms with Crippen LogP contribution in [0.5, 0.6) is 5.75 Å². The number of ether oxygens (including phenoxy) is 1. The number of halogens is 1. The minimum absolute atomic E-state index is 0. The van der Waals surface area contributed by atoms with Gasteiger partial charge in [-0.25, -0.2) is 4.99 Å². The number of benzene rings is 1. The molecule has 0 bridgehead atoms. The van der Waals surface area contributed by atoms with Crippen molar-refractivity contribution in [3.8, 4) is 5.75 Å². The number of nitrogens with two attached hydrogens (primary N) is 1. The quantitative estimate of drug-likeness (QED) is 0.451. The van der Waals surface area contributed by atoms with E-state index in [9.17, 15) is 0 Å². The van der Waals surface area contributed by atoms with E-state index in [1.807, 2.05) is 24.3 Å². The van der Waals surface area contributed by atoms with E-state index in [1.165, 1.54) is 12.8 Å². The molecule has 118 valence electrons. The fraction of sp³-hybridized carbons (Fsp3) is 0.562. The van der Waals surface area contributed by atoms with Crippen LogP contribution in [0, 0.1) is 5.92 Å². The Morgan fingerprint density at radius 1 is 1.33 bits per heavy atom. The van der Waals surface area contributed by atoms with E-state index >= 15 is 0 Å². The lowest BCUT2D eigenvalue weighted by molar-refractivity contribution is 0.297. The van der Waals surface area contributed by atoms with Crippen LogP contribution in [-0.2, 0) is 6.54 Å². The number of aliphatic imine (C=N–C) groups is 1. The molecule has 0 spiro atoms. The standard InChI is InChI=1S/C16H25N3O.HI/c1-16(2,3)19-15(17)18-10-13-6-4-5-7-14(13)20-11-12-8-9-12;/h4-7,12H,8-11H2,1-3H3,(H3,17,18,19);1H. The van der Waals surface area contributed by atoms with Gasteiger partial charge in [0.25, 0.3) is 0 Å². The number of nitrogens with one attached hydrogen (secondary N) is 1. The first-order valence-electron chi connectivity index (χ1n) is 7.23. The van der Waals surface area contributed by atoms with Gasteiger partial charge in [-0.15, -0.1) is 24.0 Å². The first kappa shape index (κ1) is 18.1. The fourth-order valence-corrected chi connectivity index (χ4v) is 1.86. The molecular weight excluding hydrogens is 377 g/mol. The molecule has 4 nitrogen and oxygen atoms in total. The molecule has 2 rings (SSSR count). The normalized spacial score (nSPS) is 15.3. The Morgan fingerprint density at radius 2 is 2.00 bits per heavy atom. The maximum absolute atomic E-state index is 5.89. The van der Waals surface area contributed by atoms with Crippen LogP contribution in [0.25, 0.3) is 0 Å².